The molecule has 0 bridgehead atoms. The highest BCUT2D eigenvalue weighted by atomic mass is 16.5. The number of anilines is 2. The average Bonchev–Trinajstić information content (AvgIpc) is 3.26. The third-order valence-electron chi connectivity index (χ3n) is 4.93. The molecule has 3 aromatic rings. The standard InChI is InChI=1S/C19H23N7O2/c1-12-10-14(3)26(23-12)17-5-4-16(21-22-17)25-8-6-15(7-9-25)19(27)20-18-11-13(2)24-28-18/h4-5,10-11,15H,6-9H2,1-3H3,(H,20,27). The Morgan fingerprint density at radius 3 is 2.36 bits per heavy atom. The van der Waals surface area contributed by atoms with Gasteiger partial charge in [-0.15, -0.1) is 10.2 Å². The Morgan fingerprint density at radius 1 is 1.07 bits per heavy atom. The van der Waals surface area contributed by atoms with Gasteiger partial charge in [0, 0.05) is 30.8 Å². The number of nitrogens with one attached hydrogen (secondary N) is 1. The molecule has 0 aliphatic carbocycles. The van der Waals surface area contributed by atoms with E-state index in [0.29, 0.717) is 11.7 Å². The van der Waals surface area contributed by atoms with E-state index in [1.54, 1.807) is 10.7 Å². The fourth-order valence-corrected chi connectivity index (χ4v) is 3.48. The van der Waals surface area contributed by atoms with E-state index in [-0.39, 0.29) is 11.8 Å². The van der Waals surface area contributed by atoms with E-state index in [1.165, 1.54) is 0 Å². The van der Waals surface area contributed by atoms with Crippen molar-refractivity contribution in [1.82, 2.24) is 25.1 Å². The molecular weight excluding hydrogens is 358 g/mol. The highest BCUT2D eigenvalue weighted by Crippen LogP contribution is 2.23. The fourth-order valence-electron chi connectivity index (χ4n) is 3.48. The minimum atomic E-state index is -0.0522. The number of nitrogens with zero attached hydrogens (tertiary/aromatic N) is 6. The van der Waals surface area contributed by atoms with E-state index >= 15 is 0 Å². The molecule has 146 valence electrons. The molecule has 1 aliphatic heterocycles. The summed E-state index contributed by atoms with van der Waals surface area (Å²) in [6.07, 6.45) is 1.50. The van der Waals surface area contributed by atoms with Crippen LogP contribution in [-0.4, -0.2) is 44.1 Å². The molecule has 1 amide bonds. The molecule has 1 aliphatic rings. The predicted molar refractivity (Wildman–Crippen MR) is 103 cm³/mol. The molecule has 1 fully saturated rings. The van der Waals surface area contributed by atoms with Gasteiger partial charge < -0.3 is 9.42 Å². The summed E-state index contributed by atoms with van der Waals surface area (Å²) in [5, 5.41) is 19.7. The summed E-state index contributed by atoms with van der Waals surface area (Å²) in [5.41, 5.74) is 2.71. The van der Waals surface area contributed by atoms with Gasteiger partial charge in [0.1, 0.15) is 0 Å². The number of piperidine rings is 1. The molecule has 0 aromatic carbocycles. The normalized spacial score (nSPS) is 15.0. The number of carbonyl (C=O) groups excluding carboxylic acids is 1. The lowest BCUT2D eigenvalue weighted by Gasteiger charge is -2.31. The number of rotatable bonds is 4. The van der Waals surface area contributed by atoms with Crippen molar-refractivity contribution in [2.45, 2.75) is 33.6 Å². The van der Waals surface area contributed by atoms with E-state index in [2.05, 4.69) is 30.7 Å². The van der Waals surface area contributed by atoms with Crippen LogP contribution in [0.5, 0.6) is 0 Å². The van der Waals surface area contributed by atoms with Gasteiger partial charge in [-0.3, -0.25) is 10.1 Å². The summed E-state index contributed by atoms with van der Waals surface area (Å²) >= 11 is 0. The van der Waals surface area contributed by atoms with Gasteiger partial charge in [-0.05, 0) is 51.8 Å². The van der Waals surface area contributed by atoms with Crippen LogP contribution in [0.25, 0.3) is 5.82 Å². The molecule has 0 saturated carbocycles. The maximum atomic E-state index is 12.4. The van der Waals surface area contributed by atoms with E-state index in [1.807, 2.05) is 39.0 Å². The smallest absolute Gasteiger partial charge is 0.231 e. The second-order valence-electron chi connectivity index (χ2n) is 7.17. The van der Waals surface area contributed by atoms with E-state index in [9.17, 15) is 4.79 Å². The zero-order valence-electron chi connectivity index (χ0n) is 16.2. The van der Waals surface area contributed by atoms with Crippen LogP contribution < -0.4 is 10.2 Å². The van der Waals surface area contributed by atoms with Crippen molar-refractivity contribution in [3.05, 3.63) is 41.3 Å². The molecule has 1 saturated heterocycles. The summed E-state index contributed by atoms with van der Waals surface area (Å²) in [6, 6.07) is 7.60. The molecule has 3 aromatic heterocycles. The molecule has 0 spiro atoms. The second kappa shape index (κ2) is 7.41. The molecule has 0 atom stereocenters. The highest BCUT2D eigenvalue weighted by molar-refractivity contribution is 5.91. The SMILES string of the molecule is Cc1cc(NC(=O)C2CCN(c3ccc(-n4nc(C)cc4C)nn3)CC2)on1. The van der Waals surface area contributed by atoms with Crippen molar-refractivity contribution < 1.29 is 9.32 Å². The van der Waals surface area contributed by atoms with Gasteiger partial charge in [0.05, 0.1) is 11.4 Å². The Kier molecular flexibility index (Phi) is 4.81. The number of carbonyl (C=O) groups is 1. The van der Waals surface area contributed by atoms with Crippen molar-refractivity contribution in [1.29, 1.82) is 0 Å². The summed E-state index contributed by atoms with van der Waals surface area (Å²) in [5.74, 6) is 1.84. The Balaban J connectivity index is 1.36. The lowest BCUT2D eigenvalue weighted by atomic mass is 9.96. The van der Waals surface area contributed by atoms with Crippen LogP contribution in [0.4, 0.5) is 11.7 Å². The minimum absolute atomic E-state index is 0.0261. The summed E-state index contributed by atoms with van der Waals surface area (Å²) in [7, 11) is 0. The van der Waals surface area contributed by atoms with Crippen LogP contribution in [0.2, 0.25) is 0 Å². The first-order valence-corrected chi connectivity index (χ1v) is 9.36. The van der Waals surface area contributed by atoms with Crippen molar-refractivity contribution in [2.24, 2.45) is 5.92 Å². The molecule has 9 heteroatoms. The van der Waals surface area contributed by atoms with Crippen LogP contribution in [0.1, 0.15) is 29.9 Å². The first-order valence-electron chi connectivity index (χ1n) is 9.36. The van der Waals surface area contributed by atoms with Crippen molar-refractivity contribution in [2.75, 3.05) is 23.3 Å². The van der Waals surface area contributed by atoms with Crippen LogP contribution in [0.15, 0.2) is 28.8 Å². The van der Waals surface area contributed by atoms with Gasteiger partial charge in [-0.1, -0.05) is 5.16 Å². The third-order valence-corrected chi connectivity index (χ3v) is 4.93. The van der Waals surface area contributed by atoms with Gasteiger partial charge in [0.2, 0.25) is 11.8 Å². The largest absolute Gasteiger partial charge is 0.355 e. The van der Waals surface area contributed by atoms with Crippen molar-refractivity contribution in [3.63, 3.8) is 0 Å². The summed E-state index contributed by atoms with van der Waals surface area (Å²) in [4.78, 5) is 14.6. The van der Waals surface area contributed by atoms with Gasteiger partial charge in [0.15, 0.2) is 11.6 Å². The number of aromatic nitrogens is 5. The maximum absolute atomic E-state index is 12.4. The number of amides is 1. The molecule has 4 heterocycles. The first kappa shape index (κ1) is 18.1. The predicted octanol–water partition coefficient (Wildman–Crippen LogP) is 2.43. The topological polar surface area (TPSA) is 102 Å². The van der Waals surface area contributed by atoms with Crippen molar-refractivity contribution >= 4 is 17.6 Å². The summed E-state index contributed by atoms with van der Waals surface area (Å²) in [6.45, 7) is 7.27. The monoisotopic (exact) mass is 381 g/mol. The molecule has 0 unspecified atom stereocenters. The van der Waals surface area contributed by atoms with Crippen molar-refractivity contribution in [3.8, 4) is 5.82 Å². The Morgan fingerprint density at radius 2 is 1.79 bits per heavy atom. The molecule has 0 radical (unpaired) electrons. The zero-order valence-corrected chi connectivity index (χ0v) is 16.2. The van der Waals surface area contributed by atoms with Crippen LogP contribution in [-0.2, 0) is 4.79 Å². The first-order chi connectivity index (χ1) is 13.5. The Bertz CT molecular complexity index is 969. The lowest BCUT2D eigenvalue weighted by Crippen LogP contribution is -2.38. The molecular formula is C19H23N7O2. The van der Waals surface area contributed by atoms with E-state index in [4.69, 9.17) is 4.52 Å². The fraction of sp³-hybridized carbons (Fsp3) is 0.421. The van der Waals surface area contributed by atoms with E-state index < -0.39 is 0 Å². The van der Waals surface area contributed by atoms with Gasteiger partial charge in [-0.2, -0.15) is 5.10 Å². The Hall–Kier alpha value is -3.23. The Labute approximate surface area is 162 Å². The second-order valence-corrected chi connectivity index (χ2v) is 7.17. The minimum Gasteiger partial charge on any atom is -0.355 e. The number of hydrogen-bond acceptors (Lipinski definition) is 7. The third kappa shape index (κ3) is 3.73. The zero-order chi connectivity index (χ0) is 19.7. The summed E-state index contributed by atoms with van der Waals surface area (Å²) < 4.78 is 6.84. The molecule has 1 N–H and O–H groups in total. The lowest BCUT2D eigenvalue weighted by molar-refractivity contribution is -0.120. The van der Waals surface area contributed by atoms with Gasteiger partial charge >= 0.3 is 0 Å². The van der Waals surface area contributed by atoms with Crippen LogP contribution >= 0.6 is 0 Å². The highest BCUT2D eigenvalue weighted by Gasteiger charge is 2.26. The molecule has 9 nitrogen and oxygen atoms in total. The number of hydrogen-bond donors (Lipinski definition) is 1. The molecule has 4 rings (SSSR count). The maximum Gasteiger partial charge on any atom is 0.231 e. The molecule has 28 heavy (non-hydrogen) atoms. The van der Waals surface area contributed by atoms with Crippen LogP contribution in [0, 0.1) is 26.7 Å². The average molecular weight is 381 g/mol. The number of aryl methyl sites for hydroxylation is 3. The van der Waals surface area contributed by atoms with Gasteiger partial charge in [-0.25, -0.2) is 4.68 Å². The van der Waals surface area contributed by atoms with E-state index in [0.717, 1.165) is 48.8 Å². The quantitative estimate of drug-likeness (QED) is 0.740. The van der Waals surface area contributed by atoms with Gasteiger partial charge in [0.25, 0.3) is 0 Å². The van der Waals surface area contributed by atoms with Crippen LogP contribution in [0.3, 0.4) is 0 Å².